The van der Waals surface area contributed by atoms with Gasteiger partial charge in [0.15, 0.2) is 5.16 Å². The first-order valence-electron chi connectivity index (χ1n) is 6.12. The Balaban J connectivity index is 1.81. The van der Waals surface area contributed by atoms with Gasteiger partial charge in [-0.05, 0) is 19.1 Å². The minimum Gasteiger partial charge on any atom is -0.493 e. The maximum Gasteiger partial charge on any atom is 0.191 e. The molecule has 0 aliphatic rings. The van der Waals surface area contributed by atoms with Crippen LogP contribution in [0, 0.1) is 6.92 Å². The van der Waals surface area contributed by atoms with Crippen molar-refractivity contribution < 1.29 is 4.74 Å². The molecule has 4 nitrogen and oxygen atoms in total. The van der Waals surface area contributed by atoms with Crippen LogP contribution in [-0.4, -0.2) is 27.1 Å². The van der Waals surface area contributed by atoms with Gasteiger partial charge in [-0.25, -0.2) is 0 Å². The van der Waals surface area contributed by atoms with Crippen molar-refractivity contribution in [3.05, 3.63) is 48.8 Å². The number of thioether (sulfide) groups is 1. The van der Waals surface area contributed by atoms with Gasteiger partial charge in [-0.15, -0.1) is 16.8 Å². The van der Waals surface area contributed by atoms with Gasteiger partial charge in [0.1, 0.15) is 11.6 Å². The highest BCUT2D eigenvalue weighted by Crippen LogP contribution is 2.17. The van der Waals surface area contributed by atoms with Crippen molar-refractivity contribution in [2.24, 2.45) is 0 Å². The number of hydrogen-bond donors (Lipinski definition) is 0. The molecule has 0 radical (unpaired) electrons. The lowest BCUT2D eigenvalue weighted by Gasteiger charge is -2.06. The Labute approximate surface area is 117 Å². The second kappa shape index (κ2) is 6.99. The summed E-state index contributed by atoms with van der Waals surface area (Å²) >= 11 is 1.64. The molecule has 0 amide bonds. The molecule has 0 aliphatic heterocycles. The first-order chi connectivity index (χ1) is 9.31. The van der Waals surface area contributed by atoms with Crippen LogP contribution in [-0.2, 0) is 6.54 Å². The Morgan fingerprint density at radius 2 is 2.11 bits per heavy atom. The van der Waals surface area contributed by atoms with Gasteiger partial charge in [-0.1, -0.05) is 36.0 Å². The Bertz CT molecular complexity index is 525. The first kappa shape index (κ1) is 13.7. The molecule has 1 heterocycles. The molecule has 0 spiro atoms. The van der Waals surface area contributed by atoms with E-state index < -0.39 is 0 Å². The number of rotatable bonds is 7. The van der Waals surface area contributed by atoms with E-state index in [1.165, 1.54) is 0 Å². The lowest BCUT2D eigenvalue weighted by Crippen LogP contribution is -2.03. The van der Waals surface area contributed by atoms with E-state index in [0.717, 1.165) is 29.0 Å². The van der Waals surface area contributed by atoms with Crippen LogP contribution in [0.25, 0.3) is 0 Å². The normalized spacial score (nSPS) is 10.4. The van der Waals surface area contributed by atoms with Gasteiger partial charge in [0, 0.05) is 12.3 Å². The fourth-order valence-corrected chi connectivity index (χ4v) is 2.43. The second-order valence-electron chi connectivity index (χ2n) is 3.94. The predicted molar refractivity (Wildman–Crippen MR) is 77.6 cm³/mol. The van der Waals surface area contributed by atoms with E-state index in [4.69, 9.17) is 4.74 Å². The maximum atomic E-state index is 5.64. The topological polar surface area (TPSA) is 39.9 Å². The number of ether oxygens (including phenoxy) is 1. The van der Waals surface area contributed by atoms with Crippen molar-refractivity contribution in [2.45, 2.75) is 18.6 Å². The third-order valence-corrected chi connectivity index (χ3v) is 3.47. The van der Waals surface area contributed by atoms with Gasteiger partial charge in [0.2, 0.25) is 0 Å². The zero-order valence-electron chi connectivity index (χ0n) is 11.0. The molecule has 0 fully saturated rings. The fraction of sp³-hybridized carbons (Fsp3) is 0.286. The van der Waals surface area contributed by atoms with E-state index in [0.29, 0.717) is 6.61 Å². The zero-order valence-corrected chi connectivity index (χ0v) is 11.8. The Morgan fingerprint density at radius 3 is 2.84 bits per heavy atom. The number of allylic oxidation sites excluding steroid dienone is 1. The van der Waals surface area contributed by atoms with E-state index in [1.54, 1.807) is 11.8 Å². The Hall–Kier alpha value is -1.75. The average molecular weight is 275 g/mol. The zero-order chi connectivity index (χ0) is 13.5. The highest BCUT2D eigenvalue weighted by molar-refractivity contribution is 7.99. The van der Waals surface area contributed by atoms with Crippen LogP contribution in [0.4, 0.5) is 0 Å². The molecular formula is C14H17N3OS. The molecule has 5 heteroatoms. The van der Waals surface area contributed by atoms with E-state index in [1.807, 2.05) is 47.9 Å². The fourth-order valence-electron chi connectivity index (χ4n) is 1.62. The van der Waals surface area contributed by atoms with Crippen molar-refractivity contribution >= 4 is 11.8 Å². The lowest BCUT2D eigenvalue weighted by atomic mass is 10.3. The number of aromatic nitrogens is 3. The summed E-state index contributed by atoms with van der Waals surface area (Å²) in [4.78, 5) is 0. The van der Waals surface area contributed by atoms with Crippen LogP contribution in [0.1, 0.15) is 5.82 Å². The summed E-state index contributed by atoms with van der Waals surface area (Å²) in [5.74, 6) is 2.64. The predicted octanol–water partition coefficient (Wildman–Crippen LogP) is 2.94. The van der Waals surface area contributed by atoms with Gasteiger partial charge in [-0.3, -0.25) is 0 Å². The summed E-state index contributed by atoms with van der Waals surface area (Å²) in [6.45, 7) is 7.07. The SMILES string of the molecule is C=CCn1c(C)nnc1SCCOc1ccccc1. The van der Waals surface area contributed by atoms with Crippen LogP contribution in [0.3, 0.4) is 0 Å². The summed E-state index contributed by atoms with van der Waals surface area (Å²) in [6.07, 6.45) is 1.85. The number of aryl methyl sites for hydroxylation is 1. The molecule has 0 saturated heterocycles. The van der Waals surface area contributed by atoms with Gasteiger partial charge in [0.25, 0.3) is 0 Å². The van der Waals surface area contributed by atoms with E-state index in [2.05, 4.69) is 16.8 Å². The molecule has 19 heavy (non-hydrogen) atoms. The van der Waals surface area contributed by atoms with Crippen LogP contribution in [0.2, 0.25) is 0 Å². The minimum absolute atomic E-state index is 0.647. The number of para-hydroxylation sites is 1. The quantitative estimate of drug-likeness (QED) is 0.442. The van der Waals surface area contributed by atoms with Crippen molar-refractivity contribution in [3.8, 4) is 5.75 Å². The monoisotopic (exact) mass is 275 g/mol. The summed E-state index contributed by atoms with van der Waals surface area (Å²) in [5, 5.41) is 9.14. The van der Waals surface area contributed by atoms with Gasteiger partial charge >= 0.3 is 0 Å². The van der Waals surface area contributed by atoms with Crippen molar-refractivity contribution in [1.82, 2.24) is 14.8 Å². The molecule has 0 saturated carbocycles. The van der Waals surface area contributed by atoms with E-state index in [-0.39, 0.29) is 0 Å². The smallest absolute Gasteiger partial charge is 0.191 e. The Kier molecular flexibility index (Phi) is 5.03. The first-order valence-corrected chi connectivity index (χ1v) is 7.11. The number of nitrogens with zero attached hydrogens (tertiary/aromatic N) is 3. The molecule has 0 unspecified atom stereocenters. The van der Waals surface area contributed by atoms with Crippen molar-refractivity contribution in [3.63, 3.8) is 0 Å². The van der Waals surface area contributed by atoms with Crippen LogP contribution >= 0.6 is 11.8 Å². The second-order valence-corrected chi connectivity index (χ2v) is 5.00. The van der Waals surface area contributed by atoms with Crippen LogP contribution in [0.5, 0.6) is 5.75 Å². The highest BCUT2D eigenvalue weighted by atomic mass is 32.2. The van der Waals surface area contributed by atoms with E-state index >= 15 is 0 Å². The lowest BCUT2D eigenvalue weighted by molar-refractivity contribution is 0.344. The number of benzene rings is 1. The molecule has 0 atom stereocenters. The summed E-state index contributed by atoms with van der Waals surface area (Å²) in [7, 11) is 0. The van der Waals surface area contributed by atoms with Gasteiger partial charge < -0.3 is 9.30 Å². The third-order valence-electron chi connectivity index (χ3n) is 2.54. The average Bonchev–Trinajstić information content (AvgIpc) is 2.78. The summed E-state index contributed by atoms with van der Waals surface area (Å²) in [6, 6.07) is 9.81. The molecule has 2 aromatic rings. The molecule has 100 valence electrons. The molecule has 0 aliphatic carbocycles. The third kappa shape index (κ3) is 3.86. The molecule has 0 N–H and O–H groups in total. The molecule has 1 aromatic heterocycles. The van der Waals surface area contributed by atoms with Crippen molar-refractivity contribution in [2.75, 3.05) is 12.4 Å². The summed E-state index contributed by atoms with van der Waals surface area (Å²) < 4.78 is 7.68. The Morgan fingerprint density at radius 1 is 1.32 bits per heavy atom. The van der Waals surface area contributed by atoms with Crippen LogP contribution in [0.15, 0.2) is 48.1 Å². The largest absolute Gasteiger partial charge is 0.493 e. The van der Waals surface area contributed by atoms with Gasteiger partial charge in [-0.2, -0.15) is 0 Å². The maximum absolute atomic E-state index is 5.64. The molecule has 0 bridgehead atoms. The highest BCUT2D eigenvalue weighted by Gasteiger charge is 2.07. The standard InChI is InChI=1S/C14H17N3OS/c1-3-9-17-12(2)15-16-14(17)19-11-10-18-13-7-5-4-6-8-13/h3-8H,1,9-11H2,2H3. The van der Waals surface area contributed by atoms with Crippen LogP contribution < -0.4 is 4.74 Å². The molecular weight excluding hydrogens is 258 g/mol. The molecule has 2 rings (SSSR count). The number of hydrogen-bond acceptors (Lipinski definition) is 4. The van der Waals surface area contributed by atoms with Gasteiger partial charge in [0.05, 0.1) is 6.61 Å². The summed E-state index contributed by atoms with van der Waals surface area (Å²) in [5.41, 5.74) is 0. The molecule has 1 aromatic carbocycles. The minimum atomic E-state index is 0.647. The van der Waals surface area contributed by atoms with E-state index in [9.17, 15) is 0 Å². The van der Waals surface area contributed by atoms with Crippen molar-refractivity contribution in [1.29, 1.82) is 0 Å².